The Morgan fingerprint density at radius 1 is 1.46 bits per heavy atom. The van der Waals surface area contributed by atoms with Crippen LogP contribution in [-0.4, -0.2) is 23.7 Å². The first kappa shape index (κ1) is 11.7. The Bertz CT molecular complexity index is 142. The summed E-state index contributed by atoms with van der Waals surface area (Å²) in [5.41, 5.74) is 0. The molecule has 1 rings (SSSR count). The fourth-order valence-electron chi connectivity index (χ4n) is 1.78. The lowest BCUT2D eigenvalue weighted by Gasteiger charge is -2.27. The summed E-state index contributed by atoms with van der Waals surface area (Å²) >= 11 is 0. The second-order valence-electron chi connectivity index (χ2n) is 4.07. The highest BCUT2D eigenvalue weighted by atomic mass is 33.1. The molecule has 78 valence electrons. The van der Waals surface area contributed by atoms with Gasteiger partial charge in [-0.2, -0.15) is 0 Å². The molecule has 0 aromatic rings. The van der Waals surface area contributed by atoms with Crippen LogP contribution < -0.4 is 0 Å². The molecule has 0 aromatic heterocycles. The van der Waals surface area contributed by atoms with Crippen molar-refractivity contribution in [3.05, 3.63) is 0 Å². The molecule has 0 radical (unpaired) electrons. The van der Waals surface area contributed by atoms with E-state index >= 15 is 0 Å². The second kappa shape index (κ2) is 5.52. The van der Waals surface area contributed by atoms with Crippen LogP contribution in [0.4, 0.5) is 0 Å². The summed E-state index contributed by atoms with van der Waals surface area (Å²) in [5.74, 6) is 1.98. The van der Waals surface area contributed by atoms with Crippen LogP contribution in [0.15, 0.2) is 0 Å². The van der Waals surface area contributed by atoms with E-state index < -0.39 is 0 Å². The van der Waals surface area contributed by atoms with Crippen LogP contribution in [-0.2, 0) is 4.74 Å². The van der Waals surface area contributed by atoms with E-state index in [4.69, 9.17) is 4.74 Å². The van der Waals surface area contributed by atoms with E-state index in [9.17, 15) is 0 Å². The van der Waals surface area contributed by atoms with Gasteiger partial charge in [0.25, 0.3) is 0 Å². The minimum absolute atomic E-state index is 0.425. The fraction of sp³-hybridized carbons (Fsp3) is 1.00. The second-order valence-corrected chi connectivity index (χ2v) is 7.13. The van der Waals surface area contributed by atoms with E-state index in [1.807, 2.05) is 10.8 Å². The van der Waals surface area contributed by atoms with Gasteiger partial charge in [0, 0.05) is 12.4 Å². The molecule has 0 aromatic carbocycles. The molecule has 1 aliphatic rings. The number of hydrogen-bond acceptors (Lipinski definition) is 3. The van der Waals surface area contributed by atoms with Gasteiger partial charge >= 0.3 is 0 Å². The highest BCUT2D eigenvalue weighted by Crippen LogP contribution is 2.45. The standard InChI is InChI=1S/C10H20OS2/c1-4-12-13-10(7-9(2)3)5-6-11-8-10/h9H,4-8H2,1-3H3. The minimum Gasteiger partial charge on any atom is -0.380 e. The summed E-state index contributed by atoms with van der Waals surface area (Å²) in [7, 11) is 4.03. The van der Waals surface area contributed by atoms with Crippen LogP contribution in [0.1, 0.15) is 33.6 Å². The summed E-state index contributed by atoms with van der Waals surface area (Å²) in [6, 6.07) is 0. The lowest BCUT2D eigenvalue weighted by atomic mass is 9.96. The van der Waals surface area contributed by atoms with Gasteiger partial charge in [-0.05, 0) is 18.8 Å². The van der Waals surface area contributed by atoms with Crippen LogP contribution in [0.2, 0.25) is 0 Å². The van der Waals surface area contributed by atoms with Crippen molar-refractivity contribution in [1.82, 2.24) is 0 Å². The lowest BCUT2D eigenvalue weighted by molar-refractivity contribution is 0.187. The average molecular weight is 220 g/mol. The average Bonchev–Trinajstić information content (AvgIpc) is 2.49. The zero-order valence-corrected chi connectivity index (χ0v) is 10.5. The highest BCUT2D eigenvalue weighted by Gasteiger charge is 2.36. The van der Waals surface area contributed by atoms with E-state index in [2.05, 4.69) is 31.6 Å². The van der Waals surface area contributed by atoms with Crippen molar-refractivity contribution in [3.63, 3.8) is 0 Å². The van der Waals surface area contributed by atoms with Crippen molar-refractivity contribution in [1.29, 1.82) is 0 Å². The maximum atomic E-state index is 5.52. The van der Waals surface area contributed by atoms with Gasteiger partial charge in [0.05, 0.1) is 11.4 Å². The highest BCUT2D eigenvalue weighted by molar-refractivity contribution is 8.77. The van der Waals surface area contributed by atoms with Gasteiger partial charge in [0.15, 0.2) is 0 Å². The predicted molar refractivity (Wildman–Crippen MR) is 63.3 cm³/mol. The van der Waals surface area contributed by atoms with Crippen molar-refractivity contribution in [2.45, 2.75) is 38.4 Å². The Labute approximate surface area is 89.8 Å². The van der Waals surface area contributed by atoms with E-state index in [-0.39, 0.29) is 0 Å². The predicted octanol–water partition coefficient (Wildman–Crippen LogP) is 3.59. The smallest absolute Gasteiger partial charge is 0.0622 e. The molecule has 0 bridgehead atoms. The Balaban J connectivity index is 2.42. The largest absolute Gasteiger partial charge is 0.380 e. The molecule has 1 nitrogen and oxygen atoms in total. The van der Waals surface area contributed by atoms with E-state index in [0.29, 0.717) is 4.75 Å². The van der Waals surface area contributed by atoms with Gasteiger partial charge in [0.1, 0.15) is 0 Å². The molecule has 1 heterocycles. The molecule has 1 fully saturated rings. The van der Waals surface area contributed by atoms with Crippen LogP contribution in [0.3, 0.4) is 0 Å². The maximum Gasteiger partial charge on any atom is 0.0622 e. The normalized spacial score (nSPS) is 28.6. The van der Waals surface area contributed by atoms with Crippen molar-refractivity contribution in [3.8, 4) is 0 Å². The Morgan fingerprint density at radius 2 is 2.23 bits per heavy atom. The van der Waals surface area contributed by atoms with E-state index in [1.54, 1.807) is 0 Å². The third kappa shape index (κ3) is 3.72. The fourth-order valence-corrected chi connectivity index (χ4v) is 4.55. The molecule has 1 atom stereocenters. The third-order valence-corrected chi connectivity index (χ3v) is 5.52. The van der Waals surface area contributed by atoms with Crippen molar-refractivity contribution >= 4 is 21.6 Å². The molecule has 3 heteroatoms. The van der Waals surface area contributed by atoms with Crippen molar-refractivity contribution < 1.29 is 4.74 Å². The molecule has 0 aliphatic carbocycles. The van der Waals surface area contributed by atoms with Crippen LogP contribution in [0, 0.1) is 5.92 Å². The van der Waals surface area contributed by atoms with Crippen molar-refractivity contribution in [2.75, 3.05) is 19.0 Å². The van der Waals surface area contributed by atoms with Gasteiger partial charge in [-0.25, -0.2) is 0 Å². The zero-order chi connectivity index (χ0) is 9.73. The van der Waals surface area contributed by atoms with E-state index in [0.717, 1.165) is 19.1 Å². The van der Waals surface area contributed by atoms with Gasteiger partial charge in [-0.1, -0.05) is 42.4 Å². The molecular weight excluding hydrogens is 200 g/mol. The van der Waals surface area contributed by atoms with Crippen molar-refractivity contribution in [2.24, 2.45) is 5.92 Å². The summed E-state index contributed by atoms with van der Waals surface area (Å²) in [4.78, 5) is 0. The first-order valence-electron chi connectivity index (χ1n) is 5.07. The van der Waals surface area contributed by atoms with Gasteiger partial charge in [-0.3, -0.25) is 0 Å². The molecule has 0 spiro atoms. The molecular formula is C10H20OS2. The molecule has 0 N–H and O–H groups in total. The SMILES string of the molecule is CCSSC1(CC(C)C)CCOC1. The molecule has 0 amide bonds. The molecule has 1 saturated heterocycles. The first-order valence-corrected chi connectivity index (χ1v) is 7.39. The number of ether oxygens (including phenoxy) is 1. The van der Waals surface area contributed by atoms with Gasteiger partial charge in [-0.15, -0.1) is 0 Å². The van der Waals surface area contributed by atoms with Crippen LogP contribution in [0.5, 0.6) is 0 Å². The van der Waals surface area contributed by atoms with Crippen LogP contribution >= 0.6 is 21.6 Å². The summed E-state index contributed by atoms with van der Waals surface area (Å²) < 4.78 is 5.95. The third-order valence-electron chi connectivity index (χ3n) is 2.20. The summed E-state index contributed by atoms with van der Waals surface area (Å²) in [6.07, 6.45) is 2.54. The Morgan fingerprint density at radius 3 is 2.69 bits per heavy atom. The first-order chi connectivity index (χ1) is 6.18. The summed E-state index contributed by atoms with van der Waals surface area (Å²) in [5, 5.41) is 0. The number of hydrogen-bond donors (Lipinski definition) is 0. The minimum atomic E-state index is 0.425. The number of rotatable bonds is 5. The van der Waals surface area contributed by atoms with Crippen LogP contribution in [0.25, 0.3) is 0 Å². The van der Waals surface area contributed by atoms with Gasteiger partial charge in [0.2, 0.25) is 0 Å². The Hall–Kier alpha value is 0.660. The Kier molecular flexibility index (Phi) is 4.98. The topological polar surface area (TPSA) is 9.23 Å². The maximum absolute atomic E-state index is 5.52. The quantitative estimate of drug-likeness (QED) is 0.655. The zero-order valence-electron chi connectivity index (χ0n) is 8.84. The monoisotopic (exact) mass is 220 g/mol. The summed E-state index contributed by atoms with van der Waals surface area (Å²) in [6.45, 7) is 8.75. The molecule has 13 heavy (non-hydrogen) atoms. The lowest BCUT2D eigenvalue weighted by Crippen LogP contribution is -2.26. The molecule has 0 saturated carbocycles. The van der Waals surface area contributed by atoms with Gasteiger partial charge < -0.3 is 4.74 Å². The molecule has 1 aliphatic heterocycles. The molecule has 1 unspecified atom stereocenters. The van der Waals surface area contributed by atoms with E-state index in [1.165, 1.54) is 18.6 Å².